The lowest BCUT2D eigenvalue weighted by molar-refractivity contribution is 0.102. The van der Waals surface area contributed by atoms with E-state index in [-0.39, 0.29) is 11.7 Å². The monoisotopic (exact) mass is 252 g/mol. The summed E-state index contributed by atoms with van der Waals surface area (Å²) in [6, 6.07) is 1.81. The molecular weight excluding hydrogens is 247 g/mol. The summed E-state index contributed by atoms with van der Waals surface area (Å²) in [4.78, 5) is 12.1. The van der Waals surface area contributed by atoms with Crippen molar-refractivity contribution in [3.05, 3.63) is 20.3 Å². The number of hydrogen-bond donors (Lipinski definition) is 0. The molecule has 0 aliphatic heterocycles. The van der Waals surface area contributed by atoms with Gasteiger partial charge in [-0.05, 0) is 28.9 Å². The van der Waals surface area contributed by atoms with Gasteiger partial charge in [-0.2, -0.15) is 0 Å². The molecule has 0 fully saturated rings. The van der Waals surface area contributed by atoms with E-state index in [4.69, 9.17) is 11.6 Å². The van der Waals surface area contributed by atoms with Gasteiger partial charge in [0, 0.05) is 10.4 Å². The Kier molecular flexibility index (Phi) is 3.10. The van der Waals surface area contributed by atoms with Crippen molar-refractivity contribution >= 4 is 44.7 Å². The molecule has 0 N–H and O–H groups in total. The Labute approximate surface area is 82.5 Å². The van der Waals surface area contributed by atoms with E-state index in [2.05, 4.69) is 15.9 Å². The van der Waals surface area contributed by atoms with E-state index in [0.717, 1.165) is 14.2 Å². The predicted molar refractivity (Wildman–Crippen MR) is 51.8 cm³/mol. The Morgan fingerprint density at radius 2 is 2.45 bits per heavy atom. The number of carbonyl (C=O) groups excluding carboxylic acids is 1. The van der Waals surface area contributed by atoms with Crippen LogP contribution in [0.2, 0.25) is 0 Å². The number of rotatable bonds is 2. The molecule has 0 atom stereocenters. The molecule has 1 rings (SSSR count). The molecule has 0 radical (unpaired) electrons. The third kappa shape index (κ3) is 2.04. The highest BCUT2D eigenvalue weighted by Gasteiger charge is 2.10. The maximum Gasteiger partial charge on any atom is 0.178 e. The third-order valence-electron chi connectivity index (χ3n) is 1.31. The van der Waals surface area contributed by atoms with Gasteiger partial charge in [-0.1, -0.05) is 0 Å². The Morgan fingerprint density at radius 3 is 2.82 bits per heavy atom. The molecule has 0 unspecified atom stereocenters. The maximum absolute atomic E-state index is 11.1. The zero-order valence-corrected chi connectivity index (χ0v) is 9.02. The first-order valence-corrected chi connectivity index (χ1v) is 5.14. The third-order valence-corrected chi connectivity index (χ3v) is 3.11. The van der Waals surface area contributed by atoms with Gasteiger partial charge in [-0.15, -0.1) is 22.9 Å². The van der Waals surface area contributed by atoms with Crippen LogP contribution in [0.3, 0.4) is 0 Å². The number of thiophene rings is 1. The summed E-state index contributed by atoms with van der Waals surface area (Å²) in [7, 11) is 0. The Hall–Kier alpha value is 0.140. The number of ketones is 1. The van der Waals surface area contributed by atoms with Crippen LogP contribution in [0.1, 0.15) is 15.2 Å². The molecule has 60 valence electrons. The minimum absolute atomic E-state index is 0.00823. The van der Waals surface area contributed by atoms with Crippen LogP contribution < -0.4 is 0 Å². The first-order valence-electron chi connectivity index (χ1n) is 3.00. The number of carbonyl (C=O) groups is 1. The second-order valence-corrected chi connectivity index (χ2v) is 4.98. The van der Waals surface area contributed by atoms with Gasteiger partial charge in [0.05, 0.1) is 9.67 Å². The molecule has 0 spiro atoms. The fourth-order valence-electron chi connectivity index (χ4n) is 0.795. The smallest absolute Gasteiger partial charge is 0.178 e. The summed E-state index contributed by atoms with van der Waals surface area (Å²) >= 11 is 10.3. The zero-order valence-electron chi connectivity index (χ0n) is 5.86. The highest BCUT2D eigenvalue weighted by atomic mass is 79.9. The number of aryl methyl sites for hydroxylation is 1. The van der Waals surface area contributed by atoms with Crippen LogP contribution in [-0.4, -0.2) is 11.7 Å². The highest BCUT2D eigenvalue weighted by molar-refractivity contribution is 9.11. The van der Waals surface area contributed by atoms with Gasteiger partial charge in [0.25, 0.3) is 0 Å². The van der Waals surface area contributed by atoms with Gasteiger partial charge in [0.2, 0.25) is 0 Å². The van der Waals surface area contributed by atoms with Gasteiger partial charge in [0.15, 0.2) is 5.78 Å². The predicted octanol–water partition coefficient (Wildman–Crippen LogP) is 3.24. The van der Waals surface area contributed by atoms with Crippen LogP contribution in [0, 0.1) is 6.92 Å². The average molecular weight is 254 g/mol. The lowest BCUT2D eigenvalue weighted by atomic mass is 10.2. The van der Waals surface area contributed by atoms with Gasteiger partial charge in [-0.3, -0.25) is 4.79 Å². The summed E-state index contributed by atoms with van der Waals surface area (Å²) in [5, 5.41) is 0. The summed E-state index contributed by atoms with van der Waals surface area (Å²) in [5.74, 6) is 0.0513. The van der Waals surface area contributed by atoms with Crippen LogP contribution >= 0.6 is 38.9 Å². The number of alkyl halides is 1. The van der Waals surface area contributed by atoms with Crippen molar-refractivity contribution in [2.24, 2.45) is 0 Å². The molecule has 4 heteroatoms. The van der Waals surface area contributed by atoms with Crippen molar-refractivity contribution in [3.63, 3.8) is 0 Å². The minimum Gasteiger partial charge on any atom is -0.293 e. The van der Waals surface area contributed by atoms with Crippen molar-refractivity contribution in [2.75, 3.05) is 5.88 Å². The summed E-state index contributed by atoms with van der Waals surface area (Å²) in [6.45, 7) is 1.91. The standard InChI is InChI=1S/C7H6BrClOS/c1-4-5(6(10)3-9)2-7(8)11-4/h2H,3H2,1H3. The van der Waals surface area contributed by atoms with E-state index >= 15 is 0 Å². The normalized spacial score (nSPS) is 10.1. The van der Waals surface area contributed by atoms with E-state index in [1.807, 2.05) is 13.0 Å². The van der Waals surface area contributed by atoms with Crippen LogP contribution in [0.4, 0.5) is 0 Å². The van der Waals surface area contributed by atoms with Crippen molar-refractivity contribution in [3.8, 4) is 0 Å². The molecule has 11 heavy (non-hydrogen) atoms. The van der Waals surface area contributed by atoms with Crippen LogP contribution in [0.15, 0.2) is 9.85 Å². The second kappa shape index (κ2) is 3.70. The van der Waals surface area contributed by atoms with E-state index < -0.39 is 0 Å². The summed E-state index contributed by atoms with van der Waals surface area (Å²) in [6.07, 6.45) is 0. The molecule has 1 aromatic rings. The lowest BCUT2D eigenvalue weighted by Crippen LogP contribution is -1.99. The maximum atomic E-state index is 11.1. The topological polar surface area (TPSA) is 17.1 Å². The molecular formula is C7H6BrClOS. The van der Waals surface area contributed by atoms with E-state index in [1.54, 1.807) is 11.3 Å². The average Bonchev–Trinajstić information content (AvgIpc) is 2.28. The highest BCUT2D eigenvalue weighted by Crippen LogP contribution is 2.26. The van der Waals surface area contributed by atoms with Gasteiger partial charge in [0.1, 0.15) is 0 Å². The molecule has 0 amide bonds. The fraction of sp³-hybridized carbons (Fsp3) is 0.286. The van der Waals surface area contributed by atoms with E-state index in [0.29, 0.717) is 0 Å². The summed E-state index contributed by atoms with van der Waals surface area (Å²) < 4.78 is 0.975. The van der Waals surface area contributed by atoms with E-state index in [9.17, 15) is 4.79 Å². The van der Waals surface area contributed by atoms with Gasteiger partial charge in [-0.25, -0.2) is 0 Å². The second-order valence-electron chi connectivity index (χ2n) is 2.08. The van der Waals surface area contributed by atoms with Crippen LogP contribution in [0.5, 0.6) is 0 Å². The molecule has 0 aliphatic rings. The molecule has 0 bridgehead atoms. The van der Waals surface area contributed by atoms with Crippen molar-refractivity contribution in [1.29, 1.82) is 0 Å². The number of hydrogen-bond acceptors (Lipinski definition) is 2. The SMILES string of the molecule is Cc1sc(Br)cc1C(=O)CCl. The Balaban J connectivity index is 3.03. The van der Waals surface area contributed by atoms with Crippen LogP contribution in [0.25, 0.3) is 0 Å². The largest absolute Gasteiger partial charge is 0.293 e. The first kappa shape index (κ1) is 9.23. The van der Waals surface area contributed by atoms with Crippen molar-refractivity contribution in [1.82, 2.24) is 0 Å². The molecule has 0 aliphatic carbocycles. The molecule has 1 aromatic heterocycles. The van der Waals surface area contributed by atoms with Crippen LogP contribution in [-0.2, 0) is 0 Å². The minimum atomic E-state index is -0.00823. The van der Waals surface area contributed by atoms with Gasteiger partial charge < -0.3 is 0 Å². The molecule has 1 heterocycles. The molecule has 0 saturated carbocycles. The fourth-order valence-corrected chi connectivity index (χ4v) is 2.65. The quantitative estimate of drug-likeness (QED) is 0.584. The molecule has 1 nitrogen and oxygen atoms in total. The van der Waals surface area contributed by atoms with Crippen molar-refractivity contribution < 1.29 is 4.79 Å². The molecule has 0 saturated heterocycles. The lowest BCUT2D eigenvalue weighted by Gasteiger charge is -1.91. The van der Waals surface area contributed by atoms with Gasteiger partial charge >= 0.3 is 0 Å². The summed E-state index contributed by atoms with van der Waals surface area (Å²) in [5.41, 5.74) is 0.733. The van der Waals surface area contributed by atoms with E-state index in [1.165, 1.54) is 0 Å². The zero-order chi connectivity index (χ0) is 8.43. The number of halogens is 2. The number of Topliss-reactive ketones (excluding diaryl/α,β-unsaturated/α-hetero) is 1. The van der Waals surface area contributed by atoms with Crippen molar-refractivity contribution in [2.45, 2.75) is 6.92 Å². The Bertz CT molecular complexity index is 282. The Morgan fingerprint density at radius 1 is 1.82 bits per heavy atom. The molecule has 0 aromatic carbocycles. The first-order chi connectivity index (χ1) is 5.15.